The fraction of sp³-hybridized carbons (Fsp3) is 0.462. The topological polar surface area (TPSA) is 47.6 Å². The zero-order chi connectivity index (χ0) is 12.1. The number of benzene rings is 1. The van der Waals surface area contributed by atoms with Gasteiger partial charge in [-0.25, -0.2) is 0 Å². The van der Waals surface area contributed by atoms with Crippen LogP contribution in [0.25, 0.3) is 0 Å². The van der Waals surface area contributed by atoms with Crippen LogP contribution in [0.1, 0.15) is 11.1 Å². The Bertz CT molecular complexity index is 392. The molecule has 0 bridgehead atoms. The molecule has 92 valence electrons. The van der Waals surface area contributed by atoms with Crippen molar-refractivity contribution in [2.45, 2.75) is 19.0 Å². The molecule has 4 nitrogen and oxygen atoms in total. The number of carbonyl (C=O) groups is 1. The Kier molecular flexibility index (Phi) is 4.12. The molecule has 1 aromatic carbocycles. The van der Waals surface area contributed by atoms with E-state index in [1.54, 1.807) is 7.11 Å². The number of carbonyl (C=O) groups excluding carboxylic acids is 1. The minimum atomic E-state index is -0.234. The summed E-state index contributed by atoms with van der Waals surface area (Å²) >= 11 is 0. The number of methoxy groups -OCH3 is 1. The van der Waals surface area contributed by atoms with Crippen LogP contribution in [-0.2, 0) is 27.2 Å². The number of ether oxygens (including phenoxy) is 2. The van der Waals surface area contributed by atoms with Crippen molar-refractivity contribution in [2.24, 2.45) is 0 Å². The molecule has 2 rings (SSSR count). The van der Waals surface area contributed by atoms with Crippen LogP contribution in [0.4, 0.5) is 0 Å². The van der Waals surface area contributed by atoms with Gasteiger partial charge in [-0.05, 0) is 17.5 Å². The van der Waals surface area contributed by atoms with Crippen LogP contribution in [0.3, 0.4) is 0 Å². The second-order valence-electron chi connectivity index (χ2n) is 4.07. The van der Waals surface area contributed by atoms with Crippen LogP contribution < -0.4 is 5.32 Å². The zero-order valence-electron chi connectivity index (χ0n) is 9.94. The van der Waals surface area contributed by atoms with E-state index in [0.29, 0.717) is 19.6 Å². The van der Waals surface area contributed by atoms with Gasteiger partial charge in [-0.3, -0.25) is 4.79 Å². The molecule has 1 aliphatic heterocycles. The molecule has 0 spiro atoms. The number of nitrogens with one attached hydrogen (secondary N) is 1. The summed E-state index contributed by atoms with van der Waals surface area (Å²) in [5, 5.41) is 3.19. The smallest absolute Gasteiger partial charge is 0.323 e. The van der Waals surface area contributed by atoms with E-state index in [2.05, 4.69) is 17.4 Å². The van der Waals surface area contributed by atoms with Crippen LogP contribution in [0.2, 0.25) is 0 Å². The Labute approximate surface area is 101 Å². The first kappa shape index (κ1) is 12.1. The van der Waals surface area contributed by atoms with Gasteiger partial charge in [-0.15, -0.1) is 0 Å². The van der Waals surface area contributed by atoms with Gasteiger partial charge in [-0.1, -0.05) is 24.3 Å². The van der Waals surface area contributed by atoms with Crippen LogP contribution in [0, 0.1) is 0 Å². The minimum absolute atomic E-state index is 0.198. The molecule has 0 radical (unpaired) electrons. The monoisotopic (exact) mass is 235 g/mol. The Hall–Kier alpha value is -1.39. The largest absolute Gasteiger partial charge is 0.462 e. The summed E-state index contributed by atoms with van der Waals surface area (Å²) in [6, 6.07) is 7.91. The van der Waals surface area contributed by atoms with Crippen molar-refractivity contribution in [1.82, 2.24) is 5.32 Å². The van der Waals surface area contributed by atoms with Crippen LogP contribution in [0.5, 0.6) is 0 Å². The lowest BCUT2D eigenvalue weighted by molar-refractivity contribution is -0.147. The standard InChI is InChI=1S/C13H17NO3/c1-16-6-7-17-13(15)12-8-10-4-2-3-5-11(10)9-14-12/h2-5,12,14H,6-9H2,1H3/t12-/m1/s1. The highest BCUT2D eigenvalue weighted by atomic mass is 16.6. The van der Waals surface area contributed by atoms with Crippen LogP contribution in [-0.4, -0.2) is 32.3 Å². The van der Waals surface area contributed by atoms with Crippen molar-refractivity contribution in [3.05, 3.63) is 35.4 Å². The van der Waals surface area contributed by atoms with Crippen molar-refractivity contribution in [3.8, 4) is 0 Å². The maximum absolute atomic E-state index is 11.7. The summed E-state index contributed by atoms with van der Waals surface area (Å²) in [5.74, 6) is -0.198. The molecule has 0 saturated heterocycles. The lowest BCUT2D eigenvalue weighted by Crippen LogP contribution is -2.43. The lowest BCUT2D eigenvalue weighted by atomic mass is 9.96. The van der Waals surface area contributed by atoms with E-state index in [1.165, 1.54) is 11.1 Å². The molecule has 0 unspecified atom stereocenters. The highest BCUT2D eigenvalue weighted by Crippen LogP contribution is 2.16. The van der Waals surface area contributed by atoms with Gasteiger partial charge >= 0.3 is 5.97 Å². The highest BCUT2D eigenvalue weighted by molar-refractivity contribution is 5.76. The van der Waals surface area contributed by atoms with E-state index in [9.17, 15) is 4.79 Å². The van der Waals surface area contributed by atoms with Gasteiger partial charge in [-0.2, -0.15) is 0 Å². The van der Waals surface area contributed by atoms with Crippen molar-refractivity contribution in [1.29, 1.82) is 0 Å². The van der Waals surface area contributed by atoms with Crippen molar-refractivity contribution in [3.63, 3.8) is 0 Å². The Morgan fingerprint density at radius 3 is 2.88 bits per heavy atom. The van der Waals surface area contributed by atoms with Gasteiger partial charge in [0.1, 0.15) is 12.6 Å². The normalized spacial score (nSPS) is 18.5. The predicted molar refractivity (Wildman–Crippen MR) is 63.6 cm³/mol. The second kappa shape index (κ2) is 5.80. The Morgan fingerprint density at radius 2 is 2.12 bits per heavy atom. The van der Waals surface area contributed by atoms with Crippen LogP contribution >= 0.6 is 0 Å². The van der Waals surface area contributed by atoms with E-state index in [-0.39, 0.29) is 12.0 Å². The molecule has 1 atom stereocenters. The number of esters is 1. The molecule has 0 aliphatic carbocycles. The summed E-state index contributed by atoms with van der Waals surface area (Å²) in [4.78, 5) is 11.7. The van der Waals surface area contributed by atoms with Gasteiger partial charge in [0.2, 0.25) is 0 Å². The van der Waals surface area contributed by atoms with Gasteiger partial charge < -0.3 is 14.8 Å². The quantitative estimate of drug-likeness (QED) is 0.622. The highest BCUT2D eigenvalue weighted by Gasteiger charge is 2.24. The molecule has 0 fully saturated rings. The van der Waals surface area contributed by atoms with E-state index < -0.39 is 0 Å². The van der Waals surface area contributed by atoms with E-state index >= 15 is 0 Å². The van der Waals surface area contributed by atoms with Gasteiger partial charge in [0, 0.05) is 13.7 Å². The molecule has 1 aliphatic rings. The average Bonchev–Trinajstić information content (AvgIpc) is 2.38. The third-order valence-corrected chi connectivity index (χ3v) is 2.90. The molecule has 0 amide bonds. The van der Waals surface area contributed by atoms with Crippen molar-refractivity contribution in [2.75, 3.05) is 20.3 Å². The number of hydrogen-bond acceptors (Lipinski definition) is 4. The van der Waals surface area contributed by atoms with Crippen molar-refractivity contribution >= 4 is 5.97 Å². The van der Waals surface area contributed by atoms with Gasteiger partial charge in [0.15, 0.2) is 0 Å². The third-order valence-electron chi connectivity index (χ3n) is 2.90. The molecule has 0 saturated carbocycles. The number of fused-ring (bicyclic) bond motifs is 1. The first-order valence-corrected chi connectivity index (χ1v) is 5.77. The average molecular weight is 235 g/mol. The summed E-state index contributed by atoms with van der Waals surface area (Å²) in [6.07, 6.45) is 0.696. The summed E-state index contributed by atoms with van der Waals surface area (Å²) in [5.41, 5.74) is 2.48. The summed E-state index contributed by atoms with van der Waals surface area (Å²) in [7, 11) is 1.59. The number of rotatable bonds is 4. The lowest BCUT2D eigenvalue weighted by Gasteiger charge is -2.24. The van der Waals surface area contributed by atoms with Gasteiger partial charge in [0.25, 0.3) is 0 Å². The Balaban J connectivity index is 1.91. The minimum Gasteiger partial charge on any atom is -0.462 e. The van der Waals surface area contributed by atoms with Crippen molar-refractivity contribution < 1.29 is 14.3 Å². The van der Waals surface area contributed by atoms with E-state index in [0.717, 1.165) is 6.54 Å². The Morgan fingerprint density at radius 1 is 1.35 bits per heavy atom. The summed E-state index contributed by atoms with van der Waals surface area (Å²) in [6.45, 7) is 1.48. The molecular weight excluding hydrogens is 218 g/mol. The molecular formula is C13H17NO3. The SMILES string of the molecule is COCCOC(=O)[C@H]1Cc2ccccc2CN1. The first-order valence-electron chi connectivity index (χ1n) is 5.77. The van der Waals surface area contributed by atoms with Crippen LogP contribution in [0.15, 0.2) is 24.3 Å². The second-order valence-corrected chi connectivity index (χ2v) is 4.07. The maximum Gasteiger partial charge on any atom is 0.323 e. The molecule has 1 N–H and O–H groups in total. The molecule has 1 aromatic rings. The first-order chi connectivity index (χ1) is 8.31. The zero-order valence-corrected chi connectivity index (χ0v) is 9.94. The number of hydrogen-bond donors (Lipinski definition) is 1. The third kappa shape index (κ3) is 3.05. The molecule has 1 heterocycles. The summed E-state index contributed by atoms with van der Waals surface area (Å²) < 4.78 is 9.95. The fourth-order valence-electron chi connectivity index (χ4n) is 1.95. The molecule has 4 heteroatoms. The van der Waals surface area contributed by atoms with E-state index in [4.69, 9.17) is 9.47 Å². The maximum atomic E-state index is 11.7. The predicted octanol–water partition coefficient (Wildman–Crippen LogP) is 0.890. The fourth-order valence-corrected chi connectivity index (χ4v) is 1.95. The van der Waals surface area contributed by atoms with Gasteiger partial charge in [0.05, 0.1) is 6.61 Å². The molecule has 17 heavy (non-hydrogen) atoms. The molecule has 0 aromatic heterocycles. The van der Waals surface area contributed by atoms with E-state index in [1.807, 2.05) is 12.1 Å².